The van der Waals surface area contributed by atoms with Gasteiger partial charge in [-0.25, -0.2) is 0 Å². The first-order chi connectivity index (χ1) is 13.3. The monoisotopic (exact) mass is 434 g/mol. The lowest BCUT2D eigenvalue weighted by Crippen LogP contribution is -2.51. The Morgan fingerprint density at radius 1 is 1.03 bits per heavy atom. The molecule has 4 aliphatic carbocycles. The highest BCUT2D eigenvalue weighted by Gasteiger charge is 2.58. The summed E-state index contributed by atoms with van der Waals surface area (Å²) in [5.74, 6) is 4.81. The first-order valence-electron chi connectivity index (χ1n) is 10.7. The fourth-order valence-corrected chi connectivity index (χ4v) is 7.21. The van der Waals surface area contributed by atoms with E-state index in [1.54, 1.807) is 0 Å². The van der Waals surface area contributed by atoms with Gasteiger partial charge in [0.15, 0.2) is 0 Å². The molecular weight excluding hydrogens is 401 g/mol. The Kier molecular flexibility index (Phi) is 6.07. The summed E-state index contributed by atoms with van der Waals surface area (Å²) in [6.07, 6.45) is 20.1. The van der Waals surface area contributed by atoms with Crippen molar-refractivity contribution >= 4 is 10.1 Å². The van der Waals surface area contributed by atoms with Gasteiger partial charge in [0, 0.05) is 0 Å². The van der Waals surface area contributed by atoms with E-state index in [1.807, 2.05) is 0 Å². The zero-order valence-electron chi connectivity index (χ0n) is 17.5. The molecule has 7 heteroatoms. The Morgan fingerprint density at radius 2 is 1.69 bits per heavy atom. The van der Waals surface area contributed by atoms with Crippen LogP contribution in [0.1, 0.15) is 65.7 Å². The first-order valence-corrected chi connectivity index (χ1v) is 12.2. The van der Waals surface area contributed by atoms with Crippen molar-refractivity contribution in [1.29, 1.82) is 0 Å². The van der Waals surface area contributed by atoms with Crippen molar-refractivity contribution in [2.24, 2.45) is 40.4 Å². The fourth-order valence-electron chi connectivity index (χ4n) is 7.21. The smallest absolute Gasteiger partial charge is 0.279 e. The van der Waals surface area contributed by atoms with Gasteiger partial charge in [-0.15, -0.1) is 0 Å². The molecule has 0 radical (unpaired) electrons. The van der Waals surface area contributed by atoms with Gasteiger partial charge in [0.2, 0.25) is 0 Å². The zero-order valence-corrected chi connectivity index (χ0v) is 18.3. The first kappa shape index (κ1) is 22.9. The van der Waals surface area contributed by atoms with Crippen molar-refractivity contribution < 1.29 is 26.1 Å². The summed E-state index contributed by atoms with van der Waals surface area (Å²) in [7, 11) is -5.84. The average Bonchev–Trinajstić information content (AvgIpc) is 2.96. The SMILES string of the molecule is CC[C@H]1CC[C@H]2[C@@H]3CC[C@H]4C=CC=C[C@]4(C)[C@H]3CC[C@]12C.O=S(=O)(O)C(F)(F)F. The number of allylic oxidation sites excluding steroid dienone is 4. The number of fused-ring (bicyclic) bond motifs is 5. The highest BCUT2D eigenvalue weighted by Crippen LogP contribution is 2.66. The molecule has 0 aromatic rings. The van der Waals surface area contributed by atoms with Crippen LogP contribution in [0.2, 0.25) is 0 Å². The van der Waals surface area contributed by atoms with Crippen LogP contribution in [0.25, 0.3) is 0 Å². The average molecular weight is 435 g/mol. The lowest BCUT2D eigenvalue weighted by atomic mass is 9.46. The minimum absolute atomic E-state index is 0.462. The Labute approximate surface area is 172 Å². The molecule has 3 fully saturated rings. The minimum atomic E-state index is -5.84. The third-order valence-electron chi connectivity index (χ3n) is 8.74. The van der Waals surface area contributed by atoms with Gasteiger partial charge in [0.25, 0.3) is 0 Å². The van der Waals surface area contributed by atoms with Crippen LogP contribution in [0, 0.1) is 40.4 Å². The maximum Gasteiger partial charge on any atom is 0.522 e. The predicted molar refractivity (Wildman–Crippen MR) is 108 cm³/mol. The van der Waals surface area contributed by atoms with E-state index in [-0.39, 0.29) is 0 Å². The van der Waals surface area contributed by atoms with Crippen molar-refractivity contribution in [3.8, 4) is 0 Å². The lowest BCUT2D eigenvalue weighted by molar-refractivity contribution is -0.0670. The molecule has 7 atom stereocenters. The second kappa shape index (κ2) is 7.70. The van der Waals surface area contributed by atoms with Gasteiger partial charge >= 0.3 is 15.6 Å². The number of halogens is 3. The lowest BCUT2D eigenvalue weighted by Gasteiger charge is -2.58. The molecule has 0 spiro atoms. The van der Waals surface area contributed by atoms with Crippen LogP contribution < -0.4 is 0 Å². The Bertz CT molecular complexity index is 773. The van der Waals surface area contributed by atoms with Crippen molar-refractivity contribution in [1.82, 2.24) is 0 Å². The van der Waals surface area contributed by atoms with Gasteiger partial charge in [-0.2, -0.15) is 21.6 Å². The second-order valence-electron chi connectivity index (χ2n) is 9.82. The molecule has 0 bridgehead atoms. The van der Waals surface area contributed by atoms with Gasteiger partial charge in [0.05, 0.1) is 0 Å². The molecule has 0 heterocycles. The van der Waals surface area contributed by atoms with Crippen molar-refractivity contribution in [2.75, 3.05) is 0 Å². The fraction of sp³-hybridized carbons (Fsp3) is 0.818. The third kappa shape index (κ3) is 3.93. The van der Waals surface area contributed by atoms with E-state index < -0.39 is 15.6 Å². The number of hydrogen-bond acceptors (Lipinski definition) is 2. The molecule has 0 aliphatic heterocycles. The third-order valence-corrected chi connectivity index (χ3v) is 9.32. The van der Waals surface area contributed by atoms with E-state index in [4.69, 9.17) is 13.0 Å². The van der Waals surface area contributed by atoms with Gasteiger partial charge in [-0.05, 0) is 78.9 Å². The van der Waals surface area contributed by atoms with Crippen LogP contribution in [0.3, 0.4) is 0 Å². The van der Waals surface area contributed by atoms with Gasteiger partial charge in [-0.3, -0.25) is 4.55 Å². The Morgan fingerprint density at radius 3 is 2.28 bits per heavy atom. The van der Waals surface area contributed by atoms with Crippen molar-refractivity contribution in [2.45, 2.75) is 71.2 Å². The summed E-state index contributed by atoms with van der Waals surface area (Å²) >= 11 is 0. The van der Waals surface area contributed by atoms with E-state index in [0.717, 1.165) is 29.6 Å². The molecule has 1 N–H and O–H groups in total. The van der Waals surface area contributed by atoms with Crippen LogP contribution in [-0.4, -0.2) is 18.5 Å². The predicted octanol–water partition coefficient (Wildman–Crippen LogP) is 6.39. The second-order valence-corrected chi connectivity index (χ2v) is 11.2. The van der Waals surface area contributed by atoms with Gasteiger partial charge in [-0.1, -0.05) is 51.5 Å². The molecular formula is C22H33F3O3S. The van der Waals surface area contributed by atoms with Crippen molar-refractivity contribution in [3.63, 3.8) is 0 Å². The highest BCUT2D eigenvalue weighted by atomic mass is 32.2. The molecule has 166 valence electrons. The molecule has 0 amide bonds. The highest BCUT2D eigenvalue weighted by molar-refractivity contribution is 7.86. The summed E-state index contributed by atoms with van der Waals surface area (Å²) in [5.41, 5.74) is -4.40. The van der Waals surface area contributed by atoms with Crippen LogP contribution in [0.4, 0.5) is 13.2 Å². The molecule has 3 nitrogen and oxygen atoms in total. The molecule has 29 heavy (non-hydrogen) atoms. The molecule has 3 saturated carbocycles. The zero-order chi connectivity index (χ0) is 21.7. The summed E-state index contributed by atoms with van der Waals surface area (Å²) in [6.45, 7) is 7.65. The molecule has 0 unspecified atom stereocenters. The summed E-state index contributed by atoms with van der Waals surface area (Å²) < 4.78 is 57.5. The number of alkyl halides is 3. The largest absolute Gasteiger partial charge is 0.522 e. The standard InChI is InChI=1S/C21H32.CHF3O3S/c1-4-15-9-11-18-17-10-8-16-7-5-6-13-20(16,2)19(17)12-14-21(15,18)3;2-1(3,4)8(5,6)7/h5-7,13,15-19H,4,8-12,14H2,1-3H3;(H,5,6,7)/t15-,16+,17-,18-,19-,20-,21+;/m0./s1. The van der Waals surface area contributed by atoms with E-state index in [2.05, 4.69) is 45.1 Å². The number of rotatable bonds is 1. The topological polar surface area (TPSA) is 54.4 Å². The summed E-state index contributed by atoms with van der Waals surface area (Å²) in [5, 5.41) is 0. The van der Waals surface area contributed by atoms with E-state index in [1.165, 1.54) is 44.9 Å². The van der Waals surface area contributed by atoms with E-state index in [0.29, 0.717) is 10.8 Å². The van der Waals surface area contributed by atoms with E-state index in [9.17, 15) is 13.2 Å². The van der Waals surface area contributed by atoms with Crippen LogP contribution >= 0.6 is 0 Å². The maximum absolute atomic E-state index is 10.7. The Balaban J connectivity index is 0.000000258. The molecule has 0 aromatic carbocycles. The molecule has 0 saturated heterocycles. The van der Waals surface area contributed by atoms with Crippen molar-refractivity contribution in [3.05, 3.63) is 24.3 Å². The van der Waals surface area contributed by atoms with Gasteiger partial charge in [0.1, 0.15) is 0 Å². The van der Waals surface area contributed by atoms with Crippen LogP contribution in [0.5, 0.6) is 0 Å². The molecule has 0 aromatic heterocycles. The maximum atomic E-state index is 10.7. The molecule has 4 aliphatic rings. The van der Waals surface area contributed by atoms with Crippen LogP contribution in [-0.2, 0) is 10.1 Å². The van der Waals surface area contributed by atoms with E-state index >= 15 is 0 Å². The normalized spacial score (nSPS) is 43.6. The summed E-state index contributed by atoms with van der Waals surface area (Å²) in [6, 6.07) is 0. The Hall–Kier alpha value is -0.820. The quantitative estimate of drug-likeness (QED) is 0.384. The van der Waals surface area contributed by atoms with Crippen LogP contribution in [0.15, 0.2) is 24.3 Å². The number of hydrogen-bond donors (Lipinski definition) is 1. The van der Waals surface area contributed by atoms with Gasteiger partial charge < -0.3 is 0 Å². The molecule has 4 rings (SSSR count). The summed E-state index contributed by atoms with van der Waals surface area (Å²) in [4.78, 5) is 0. The minimum Gasteiger partial charge on any atom is -0.279 e.